The Balaban J connectivity index is 2.15. The molecule has 1 atom stereocenters. The molecule has 0 aromatic heterocycles. The number of hydrogen-bond donors (Lipinski definition) is 1. The number of piperidine rings is 1. The lowest BCUT2D eigenvalue weighted by Crippen LogP contribution is -2.49. The number of amides is 1. The monoisotopic (exact) mass is 313 g/mol. The van der Waals surface area contributed by atoms with Crippen molar-refractivity contribution in [2.45, 2.75) is 19.3 Å². The molecule has 1 aliphatic heterocycles. The average molecular weight is 313 g/mol. The molecule has 1 saturated heterocycles. The molecule has 0 bridgehead atoms. The van der Waals surface area contributed by atoms with Gasteiger partial charge in [0.1, 0.15) is 18.2 Å². The Morgan fingerprint density at radius 2 is 2.23 bits per heavy atom. The molecule has 1 aromatic carbocycles. The van der Waals surface area contributed by atoms with Crippen molar-refractivity contribution >= 4 is 5.91 Å². The third-order valence-corrected chi connectivity index (χ3v) is 4.20. The summed E-state index contributed by atoms with van der Waals surface area (Å²) < 4.78 is 31.7. The maximum Gasteiger partial charge on any atom is 0.248 e. The van der Waals surface area contributed by atoms with Crippen LogP contribution in [0.25, 0.3) is 0 Å². The highest BCUT2D eigenvalue weighted by Crippen LogP contribution is 2.34. The maximum atomic E-state index is 13.9. The predicted molar refractivity (Wildman–Crippen MR) is 77.3 cm³/mol. The van der Waals surface area contributed by atoms with Crippen molar-refractivity contribution in [3.8, 4) is 0 Å². The van der Waals surface area contributed by atoms with E-state index in [9.17, 15) is 18.7 Å². The summed E-state index contributed by atoms with van der Waals surface area (Å²) in [5, 5.41) is 9.81. The fraction of sp³-hybridized carbons (Fsp3) is 0.562. The van der Waals surface area contributed by atoms with Crippen LogP contribution in [0.3, 0.4) is 0 Å². The van der Waals surface area contributed by atoms with E-state index in [2.05, 4.69) is 0 Å². The molecule has 22 heavy (non-hydrogen) atoms. The van der Waals surface area contributed by atoms with Gasteiger partial charge in [-0.3, -0.25) is 4.79 Å². The number of likely N-dealkylation sites (tertiary alicyclic amines) is 1. The normalized spacial score (nSPS) is 21.9. The number of carbonyl (C=O) groups is 1. The molecular formula is C16H21F2NO3. The Morgan fingerprint density at radius 1 is 1.45 bits per heavy atom. The van der Waals surface area contributed by atoms with E-state index in [-0.39, 0.29) is 25.5 Å². The summed E-state index contributed by atoms with van der Waals surface area (Å²) in [6, 6.07) is 3.45. The first kappa shape index (κ1) is 16.8. The minimum Gasteiger partial charge on any atom is -0.396 e. The average Bonchev–Trinajstić information content (AvgIpc) is 2.51. The first-order chi connectivity index (χ1) is 10.5. The van der Waals surface area contributed by atoms with Gasteiger partial charge in [-0.25, -0.2) is 8.78 Å². The van der Waals surface area contributed by atoms with Crippen molar-refractivity contribution in [2.75, 3.05) is 33.4 Å². The highest BCUT2D eigenvalue weighted by atomic mass is 19.1. The highest BCUT2D eigenvalue weighted by molar-refractivity contribution is 5.77. The van der Waals surface area contributed by atoms with Gasteiger partial charge in [-0.15, -0.1) is 0 Å². The van der Waals surface area contributed by atoms with E-state index >= 15 is 0 Å². The van der Waals surface area contributed by atoms with Crippen molar-refractivity contribution in [1.82, 2.24) is 4.90 Å². The van der Waals surface area contributed by atoms with Crippen molar-refractivity contribution in [1.29, 1.82) is 0 Å². The van der Waals surface area contributed by atoms with E-state index < -0.39 is 17.0 Å². The zero-order valence-corrected chi connectivity index (χ0v) is 12.6. The molecule has 0 radical (unpaired) electrons. The number of aliphatic hydroxyl groups is 1. The maximum absolute atomic E-state index is 13.9. The van der Waals surface area contributed by atoms with Crippen molar-refractivity contribution in [3.05, 3.63) is 35.4 Å². The number of benzene rings is 1. The third-order valence-electron chi connectivity index (χ3n) is 4.20. The van der Waals surface area contributed by atoms with Gasteiger partial charge in [0.25, 0.3) is 0 Å². The summed E-state index contributed by atoms with van der Waals surface area (Å²) in [5.41, 5.74) is -0.239. The van der Waals surface area contributed by atoms with Crippen LogP contribution in [0.2, 0.25) is 0 Å². The minimum atomic E-state index is -0.625. The van der Waals surface area contributed by atoms with Gasteiger partial charge in [0, 0.05) is 31.7 Å². The smallest absolute Gasteiger partial charge is 0.248 e. The van der Waals surface area contributed by atoms with E-state index in [4.69, 9.17) is 4.74 Å². The number of methoxy groups -OCH3 is 1. The van der Waals surface area contributed by atoms with Gasteiger partial charge in [-0.05, 0) is 30.9 Å². The SMILES string of the molecule is COCC(=O)N1CCCC(CO)(Cc2ccc(F)cc2F)C1. The lowest BCUT2D eigenvalue weighted by molar-refractivity contribution is -0.139. The van der Waals surface area contributed by atoms with Crippen LogP contribution in [-0.2, 0) is 16.0 Å². The van der Waals surface area contributed by atoms with Crippen LogP contribution in [-0.4, -0.2) is 49.3 Å². The summed E-state index contributed by atoms with van der Waals surface area (Å²) in [6.45, 7) is 0.797. The van der Waals surface area contributed by atoms with Crippen molar-refractivity contribution < 1.29 is 23.4 Å². The molecule has 2 rings (SSSR count). The standard InChI is InChI=1S/C16H21F2NO3/c1-22-9-15(21)19-6-2-5-16(10-19,11-20)8-12-3-4-13(17)7-14(12)18/h3-4,7,20H,2,5-6,8-11H2,1H3. The molecule has 4 nitrogen and oxygen atoms in total. The molecule has 1 unspecified atom stereocenters. The Kier molecular flexibility index (Phi) is 5.47. The van der Waals surface area contributed by atoms with Crippen LogP contribution in [0.1, 0.15) is 18.4 Å². The molecule has 0 spiro atoms. The van der Waals surface area contributed by atoms with E-state index in [0.717, 1.165) is 12.5 Å². The number of aliphatic hydroxyl groups excluding tert-OH is 1. The molecule has 0 aliphatic carbocycles. The number of halogens is 2. The summed E-state index contributed by atoms with van der Waals surface area (Å²) in [6.07, 6.45) is 1.70. The number of nitrogens with zero attached hydrogens (tertiary/aromatic N) is 1. The van der Waals surface area contributed by atoms with Gasteiger partial charge < -0.3 is 14.7 Å². The van der Waals surface area contributed by atoms with Gasteiger partial charge in [0.05, 0.1) is 6.61 Å². The molecule has 1 N–H and O–H groups in total. The molecule has 1 fully saturated rings. The number of carbonyl (C=O) groups excluding carboxylic acids is 1. The van der Waals surface area contributed by atoms with Crippen molar-refractivity contribution in [2.24, 2.45) is 5.41 Å². The Morgan fingerprint density at radius 3 is 2.86 bits per heavy atom. The molecule has 1 aromatic rings. The largest absolute Gasteiger partial charge is 0.396 e. The Hall–Kier alpha value is -1.53. The fourth-order valence-corrected chi connectivity index (χ4v) is 3.03. The summed E-state index contributed by atoms with van der Waals surface area (Å²) in [7, 11) is 1.45. The second kappa shape index (κ2) is 7.15. The van der Waals surface area contributed by atoms with Gasteiger partial charge in [0.2, 0.25) is 5.91 Å². The van der Waals surface area contributed by atoms with Gasteiger partial charge in [0.15, 0.2) is 0 Å². The molecule has 1 aliphatic rings. The summed E-state index contributed by atoms with van der Waals surface area (Å²) in [5.74, 6) is -1.38. The van der Waals surface area contributed by atoms with Crippen LogP contribution in [0.15, 0.2) is 18.2 Å². The first-order valence-corrected chi connectivity index (χ1v) is 7.31. The molecule has 1 heterocycles. The lowest BCUT2D eigenvalue weighted by Gasteiger charge is -2.42. The third kappa shape index (κ3) is 3.81. The predicted octanol–water partition coefficient (Wildman–Crippen LogP) is 1.75. The Labute approximate surface area is 128 Å². The zero-order chi connectivity index (χ0) is 16.2. The van der Waals surface area contributed by atoms with Gasteiger partial charge in [-0.1, -0.05) is 6.07 Å². The van der Waals surface area contributed by atoms with Crippen LogP contribution in [0, 0.1) is 17.0 Å². The van der Waals surface area contributed by atoms with E-state index in [1.807, 2.05) is 0 Å². The van der Waals surface area contributed by atoms with E-state index in [0.29, 0.717) is 25.1 Å². The molecule has 6 heteroatoms. The molecule has 122 valence electrons. The molecule has 1 amide bonds. The number of ether oxygens (including phenoxy) is 1. The second-order valence-corrected chi connectivity index (χ2v) is 5.92. The first-order valence-electron chi connectivity index (χ1n) is 7.31. The van der Waals surface area contributed by atoms with Gasteiger partial charge in [-0.2, -0.15) is 0 Å². The topological polar surface area (TPSA) is 49.8 Å². The highest BCUT2D eigenvalue weighted by Gasteiger charge is 2.37. The molecule has 0 saturated carbocycles. The van der Waals surface area contributed by atoms with Gasteiger partial charge >= 0.3 is 0 Å². The molecular weight excluding hydrogens is 292 g/mol. The minimum absolute atomic E-state index is 0.00752. The van der Waals surface area contributed by atoms with Crippen molar-refractivity contribution in [3.63, 3.8) is 0 Å². The fourth-order valence-electron chi connectivity index (χ4n) is 3.03. The number of hydrogen-bond acceptors (Lipinski definition) is 3. The van der Waals surface area contributed by atoms with Crippen LogP contribution in [0.4, 0.5) is 8.78 Å². The van der Waals surface area contributed by atoms with E-state index in [1.54, 1.807) is 4.90 Å². The van der Waals surface area contributed by atoms with Crippen LogP contribution < -0.4 is 0 Å². The zero-order valence-electron chi connectivity index (χ0n) is 12.6. The quantitative estimate of drug-likeness (QED) is 0.901. The van der Waals surface area contributed by atoms with Crippen LogP contribution in [0.5, 0.6) is 0 Å². The van der Waals surface area contributed by atoms with E-state index in [1.165, 1.54) is 19.2 Å². The Bertz CT molecular complexity index is 538. The van der Waals surface area contributed by atoms with Crippen LogP contribution >= 0.6 is 0 Å². The number of rotatable bonds is 5. The summed E-state index contributed by atoms with van der Waals surface area (Å²) >= 11 is 0. The lowest BCUT2D eigenvalue weighted by atomic mass is 9.75. The second-order valence-electron chi connectivity index (χ2n) is 5.92. The summed E-state index contributed by atoms with van der Waals surface area (Å²) in [4.78, 5) is 13.6.